The number of hydrogen-bond donors (Lipinski definition) is 2. The van der Waals surface area contributed by atoms with Crippen molar-refractivity contribution in [3.8, 4) is 5.88 Å². The van der Waals surface area contributed by atoms with E-state index in [1.807, 2.05) is 32.9 Å². The summed E-state index contributed by atoms with van der Waals surface area (Å²) in [6.07, 6.45) is 4.65. The van der Waals surface area contributed by atoms with Crippen LogP contribution in [0.1, 0.15) is 51.6 Å². The van der Waals surface area contributed by atoms with Crippen LogP contribution in [0.2, 0.25) is 0 Å². The summed E-state index contributed by atoms with van der Waals surface area (Å²) >= 11 is 0. The molecule has 1 atom stereocenters. The minimum Gasteiger partial charge on any atom is -0.391 e. The van der Waals surface area contributed by atoms with Gasteiger partial charge in [0.2, 0.25) is 11.8 Å². The second-order valence-corrected chi connectivity index (χ2v) is 9.33. The van der Waals surface area contributed by atoms with Gasteiger partial charge >= 0.3 is 6.09 Å². The molecule has 0 saturated carbocycles. The lowest BCUT2D eigenvalue weighted by molar-refractivity contribution is -0.135. The van der Waals surface area contributed by atoms with E-state index in [9.17, 15) is 9.59 Å². The minimum atomic E-state index is -1.12. The van der Waals surface area contributed by atoms with Crippen molar-refractivity contribution in [3.63, 3.8) is 0 Å². The number of carbonyl (C=O) groups excluding carboxylic acids is 2. The summed E-state index contributed by atoms with van der Waals surface area (Å²) in [5, 5.41) is 6.35. The predicted octanol–water partition coefficient (Wildman–Crippen LogP) is 2.34. The van der Waals surface area contributed by atoms with Gasteiger partial charge in [0.15, 0.2) is 11.5 Å². The molecule has 0 bridgehead atoms. The number of aromatic nitrogens is 3. The third-order valence-electron chi connectivity index (χ3n) is 6.04. The molecule has 2 aromatic heterocycles. The molecule has 32 heavy (non-hydrogen) atoms. The van der Waals surface area contributed by atoms with Crippen LogP contribution < -0.4 is 15.4 Å². The van der Waals surface area contributed by atoms with Gasteiger partial charge in [0, 0.05) is 48.5 Å². The molecule has 2 aromatic rings. The summed E-state index contributed by atoms with van der Waals surface area (Å²) in [6.45, 7) is 8.16. The largest absolute Gasteiger partial charge is 0.418 e. The predicted molar refractivity (Wildman–Crippen MR) is 118 cm³/mol. The van der Waals surface area contributed by atoms with Gasteiger partial charge in [-0.3, -0.25) is 9.69 Å². The molecular weight excluding hydrogens is 408 g/mol. The fourth-order valence-corrected chi connectivity index (χ4v) is 4.05. The van der Waals surface area contributed by atoms with Crippen molar-refractivity contribution in [2.24, 2.45) is 5.92 Å². The number of likely N-dealkylation sites (tertiary alicyclic amines) is 1. The molecule has 2 fully saturated rings. The summed E-state index contributed by atoms with van der Waals surface area (Å²) in [6, 6.07) is 7.08. The van der Waals surface area contributed by atoms with Gasteiger partial charge in [-0.25, -0.2) is 19.7 Å². The Morgan fingerprint density at radius 1 is 1.16 bits per heavy atom. The van der Waals surface area contributed by atoms with Crippen LogP contribution in [-0.2, 0) is 15.9 Å². The van der Waals surface area contributed by atoms with Crippen molar-refractivity contribution in [1.29, 1.82) is 0 Å². The van der Waals surface area contributed by atoms with Crippen LogP contribution >= 0.6 is 0 Å². The summed E-state index contributed by atoms with van der Waals surface area (Å²) in [7, 11) is 0. The van der Waals surface area contributed by atoms with Crippen molar-refractivity contribution >= 4 is 12.0 Å². The second kappa shape index (κ2) is 8.82. The Bertz CT molecular complexity index is 971. The average Bonchev–Trinajstić information content (AvgIpc) is 2.77. The highest BCUT2D eigenvalue weighted by atomic mass is 16.6. The van der Waals surface area contributed by atoms with Gasteiger partial charge in [0.25, 0.3) is 0 Å². The first-order valence-electron chi connectivity index (χ1n) is 11.1. The van der Waals surface area contributed by atoms with E-state index < -0.39 is 11.8 Å². The van der Waals surface area contributed by atoms with Gasteiger partial charge in [0.1, 0.15) is 0 Å². The van der Waals surface area contributed by atoms with Gasteiger partial charge in [-0.15, -0.1) is 0 Å². The van der Waals surface area contributed by atoms with E-state index >= 15 is 0 Å². The molecule has 9 nitrogen and oxygen atoms in total. The zero-order valence-corrected chi connectivity index (χ0v) is 18.8. The molecule has 0 radical (unpaired) electrons. The number of pyridine rings is 1. The molecule has 2 saturated heterocycles. The number of amides is 2. The lowest BCUT2D eigenvalue weighted by Gasteiger charge is -2.50. The quantitative estimate of drug-likeness (QED) is 0.754. The Kier molecular flexibility index (Phi) is 6.10. The number of piperidine rings is 1. The van der Waals surface area contributed by atoms with E-state index in [1.54, 1.807) is 24.5 Å². The molecule has 4 rings (SSSR count). The average molecular weight is 439 g/mol. The maximum Gasteiger partial charge on any atom is 0.418 e. The van der Waals surface area contributed by atoms with E-state index in [0.29, 0.717) is 18.8 Å². The maximum absolute atomic E-state index is 13.1. The first-order valence-corrected chi connectivity index (χ1v) is 11.1. The maximum atomic E-state index is 13.1. The Hall–Kier alpha value is -3.07. The van der Waals surface area contributed by atoms with Gasteiger partial charge in [0.05, 0.1) is 0 Å². The molecule has 0 aliphatic carbocycles. The van der Waals surface area contributed by atoms with Gasteiger partial charge in [-0.05, 0) is 38.1 Å². The van der Waals surface area contributed by atoms with E-state index in [-0.39, 0.29) is 23.1 Å². The fourth-order valence-electron chi connectivity index (χ4n) is 4.05. The highest BCUT2D eigenvalue weighted by Gasteiger charge is 2.54. The van der Waals surface area contributed by atoms with Crippen LogP contribution in [0.25, 0.3) is 0 Å². The number of ether oxygens (including phenoxy) is 1. The van der Waals surface area contributed by atoms with Crippen LogP contribution in [0.4, 0.5) is 4.79 Å². The monoisotopic (exact) mass is 438 g/mol. The molecule has 170 valence electrons. The van der Waals surface area contributed by atoms with Crippen LogP contribution in [0.5, 0.6) is 5.88 Å². The van der Waals surface area contributed by atoms with Crippen molar-refractivity contribution in [1.82, 2.24) is 30.5 Å². The van der Waals surface area contributed by atoms with Gasteiger partial charge in [-0.1, -0.05) is 26.8 Å². The second-order valence-electron chi connectivity index (χ2n) is 9.33. The molecule has 2 aliphatic heterocycles. The summed E-state index contributed by atoms with van der Waals surface area (Å²) in [5.74, 6) is 0.397. The topological polar surface area (TPSA) is 109 Å². The lowest BCUT2D eigenvalue weighted by atomic mass is 9.90. The molecule has 0 spiro atoms. The van der Waals surface area contributed by atoms with Crippen LogP contribution in [0.15, 0.2) is 36.7 Å². The summed E-state index contributed by atoms with van der Waals surface area (Å²) in [4.78, 5) is 40.9. The fraction of sp³-hybridized carbons (Fsp3) is 0.522. The van der Waals surface area contributed by atoms with E-state index in [1.165, 1.54) is 4.90 Å². The normalized spacial score (nSPS) is 21.5. The van der Waals surface area contributed by atoms with Gasteiger partial charge in [-0.2, -0.15) is 0 Å². The number of hydrogen-bond acceptors (Lipinski definition) is 7. The van der Waals surface area contributed by atoms with Crippen molar-refractivity contribution in [3.05, 3.63) is 48.2 Å². The molecule has 0 aromatic carbocycles. The zero-order chi connectivity index (χ0) is 22.8. The number of carbonyl (C=O) groups is 2. The Morgan fingerprint density at radius 2 is 1.88 bits per heavy atom. The third-order valence-corrected chi connectivity index (χ3v) is 6.04. The smallest absolute Gasteiger partial charge is 0.391 e. The molecule has 9 heteroatoms. The zero-order valence-electron chi connectivity index (χ0n) is 18.8. The molecule has 1 unspecified atom stereocenters. The minimum absolute atomic E-state index is 0.0932. The van der Waals surface area contributed by atoms with Gasteiger partial charge < -0.3 is 15.4 Å². The summed E-state index contributed by atoms with van der Waals surface area (Å²) in [5.41, 5.74) is -0.478. The lowest BCUT2D eigenvalue weighted by Crippen LogP contribution is -2.70. The standard InChI is InChI=1S/C23H30N6O3/c1-22(2,3)17-6-4-7-18(27-17)32-21(31)29-15-10-23(29,20-25-11-5-12-26-20)28-19(30)16-8-13-24-14-9-16/h4-7,11-12,16,24H,8-10,13-15H2,1-3H3,(H,28,30). The molecule has 2 aliphatic rings. The SMILES string of the molecule is CC(C)(C)c1cccc(OC(=O)N2CCC2(NC(=O)C2CCNCC2)c2ncccn2)n1. The van der Waals surface area contributed by atoms with Crippen molar-refractivity contribution < 1.29 is 14.3 Å². The van der Waals surface area contributed by atoms with Crippen LogP contribution in [-0.4, -0.2) is 51.5 Å². The first kappa shape index (κ1) is 22.1. The highest BCUT2D eigenvalue weighted by molar-refractivity contribution is 5.81. The molecule has 2 N–H and O–H groups in total. The Balaban J connectivity index is 1.56. The Morgan fingerprint density at radius 3 is 2.50 bits per heavy atom. The number of rotatable bonds is 4. The molecule has 2 amide bonds. The van der Waals surface area contributed by atoms with E-state index in [4.69, 9.17) is 4.74 Å². The van der Waals surface area contributed by atoms with Crippen molar-refractivity contribution in [2.45, 2.75) is 51.1 Å². The first-order chi connectivity index (χ1) is 15.3. The van der Waals surface area contributed by atoms with Crippen LogP contribution in [0, 0.1) is 5.92 Å². The molecule has 4 heterocycles. The van der Waals surface area contributed by atoms with Crippen LogP contribution in [0.3, 0.4) is 0 Å². The Labute approximate surface area is 188 Å². The highest BCUT2D eigenvalue weighted by Crippen LogP contribution is 2.37. The summed E-state index contributed by atoms with van der Waals surface area (Å²) < 4.78 is 5.62. The van der Waals surface area contributed by atoms with E-state index in [0.717, 1.165) is 31.6 Å². The number of nitrogens with zero attached hydrogens (tertiary/aromatic N) is 4. The van der Waals surface area contributed by atoms with Crippen molar-refractivity contribution in [2.75, 3.05) is 19.6 Å². The van der Waals surface area contributed by atoms with E-state index in [2.05, 4.69) is 25.6 Å². The third kappa shape index (κ3) is 4.43. The number of nitrogens with one attached hydrogen (secondary N) is 2. The molecular formula is C23H30N6O3.